The van der Waals surface area contributed by atoms with Crippen molar-refractivity contribution in [3.05, 3.63) is 64.7 Å². The lowest BCUT2D eigenvalue weighted by atomic mass is 10.00. The van der Waals surface area contributed by atoms with Crippen LogP contribution in [0.1, 0.15) is 17.2 Å². The maximum Gasteiger partial charge on any atom is 0.107 e. The van der Waals surface area contributed by atoms with Crippen LogP contribution in [0, 0.1) is 0 Å². The fraction of sp³-hybridized carbons (Fsp3) is 0.143. The van der Waals surface area contributed by atoms with Crippen LogP contribution >= 0.6 is 11.6 Å². The third-order valence-electron chi connectivity index (χ3n) is 2.71. The maximum atomic E-state index is 10.4. The first-order valence-corrected chi connectivity index (χ1v) is 5.81. The summed E-state index contributed by atoms with van der Waals surface area (Å²) in [5.74, 6) is 0. The number of hydrogen-bond donors (Lipinski definition) is 2. The number of aliphatic hydroxyl groups excluding tert-OH is 1. The van der Waals surface area contributed by atoms with Gasteiger partial charge in [-0.05, 0) is 17.7 Å². The van der Waals surface area contributed by atoms with E-state index < -0.39 is 6.10 Å². The average molecular weight is 248 g/mol. The molecule has 0 amide bonds. The smallest absolute Gasteiger partial charge is 0.107 e. The van der Waals surface area contributed by atoms with Crippen LogP contribution < -0.4 is 5.32 Å². The van der Waals surface area contributed by atoms with E-state index in [-0.39, 0.29) is 0 Å². The molecular formula is C14H14ClNO. The van der Waals surface area contributed by atoms with E-state index in [1.165, 1.54) is 0 Å². The van der Waals surface area contributed by atoms with Crippen molar-refractivity contribution in [1.82, 2.24) is 0 Å². The molecule has 0 aromatic heterocycles. The van der Waals surface area contributed by atoms with Crippen LogP contribution in [0.25, 0.3) is 0 Å². The van der Waals surface area contributed by atoms with Crippen molar-refractivity contribution in [2.75, 3.05) is 12.4 Å². The molecule has 2 aromatic carbocycles. The fourth-order valence-corrected chi connectivity index (χ4v) is 2.11. The van der Waals surface area contributed by atoms with Gasteiger partial charge in [0.25, 0.3) is 0 Å². The summed E-state index contributed by atoms with van der Waals surface area (Å²) in [6.07, 6.45) is -0.715. The lowest BCUT2D eigenvalue weighted by molar-refractivity contribution is 0.221. The molecule has 2 aromatic rings. The van der Waals surface area contributed by atoms with E-state index in [4.69, 9.17) is 11.6 Å². The van der Waals surface area contributed by atoms with Crippen molar-refractivity contribution < 1.29 is 5.11 Å². The Kier molecular flexibility index (Phi) is 3.67. The zero-order valence-corrected chi connectivity index (χ0v) is 10.3. The molecule has 17 heavy (non-hydrogen) atoms. The van der Waals surface area contributed by atoms with Crippen LogP contribution in [-0.4, -0.2) is 12.2 Å². The highest BCUT2D eigenvalue weighted by molar-refractivity contribution is 6.31. The molecule has 0 bridgehead atoms. The molecule has 0 saturated heterocycles. The third kappa shape index (κ3) is 2.43. The predicted molar refractivity (Wildman–Crippen MR) is 71.5 cm³/mol. The number of anilines is 1. The van der Waals surface area contributed by atoms with Crippen molar-refractivity contribution in [2.45, 2.75) is 6.10 Å². The monoisotopic (exact) mass is 247 g/mol. The SMILES string of the molecule is CNc1cccc(Cl)c1C(O)c1ccccc1. The predicted octanol–water partition coefficient (Wildman–Crippen LogP) is 3.46. The number of aliphatic hydroxyl groups is 1. The third-order valence-corrected chi connectivity index (χ3v) is 3.04. The second-order valence-corrected chi connectivity index (χ2v) is 4.17. The van der Waals surface area contributed by atoms with Gasteiger partial charge in [0.15, 0.2) is 0 Å². The summed E-state index contributed by atoms with van der Waals surface area (Å²) in [5.41, 5.74) is 2.38. The first-order chi connectivity index (χ1) is 8.24. The van der Waals surface area contributed by atoms with Gasteiger partial charge in [0.05, 0.1) is 0 Å². The molecule has 0 aliphatic rings. The lowest BCUT2D eigenvalue weighted by Crippen LogP contribution is -2.04. The minimum absolute atomic E-state index is 0.563. The van der Waals surface area contributed by atoms with Crippen molar-refractivity contribution in [1.29, 1.82) is 0 Å². The Balaban J connectivity index is 2.47. The molecule has 0 aliphatic heterocycles. The van der Waals surface area contributed by atoms with Gasteiger partial charge in [-0.1, -0.05) is 48.0 Å². The van der Waals surface area contributed by atoms with Gasteiger partial charge in [0, 0.05) is 23.3 Å². The molecule has 0 spiro atoms. The van der Waals surface area contributed by atoms with Crippen LogP contribution in [0.2, 0.25) is 5.02 Å². The second kappa shape index (κ2) is 5.21. The average Bonchev–Trinajstić information content (AvgIpc) is 2.38. The van der Waals surface area contributed by atoms with Gasteiger partial charge in [0.2, 0.25) is 0 Å². The van der Waals surface area contributed by atoms with Crippen molar-refractivity contribution in [2.24, 2.45) is 0 Å². The Morgan fingerprint density at radius 2 is 1.76 bits per heavy atom. The van der Waals surface area contributed by atoms with E-state index in [0.717, 1.165) is 11.3 Å². The first kappa shape index (κ1) is 12.0. The van der Waals surface area contributed by atoms with E-state index in [2.05, 4.69) is 5.32 Å². The summed E-state index contributed by atoms with van der Waals surface area (Å²) < 4.78 is 0. The molecule has 0 heterocycles. The van der Waals surface area contributed by atoms with Crippen LogP contribution in [0.3, 0.4) is 0 Å². The van der Waals surface area contributed by atoms with Crippen LogP contribution in [0.15, 0.2) is 48.5 Å². The lowest BCUT2D eigenvalue weighted by Gasteiger charge is -2.17. The summed E-state index contributed by atoms with van der Waals surface area (Å²) in [7, 11) is 1.81. The van der Waals surface area contributed by atoms with Gasteiger partial charge in [-0.3, -0.25) is 0 Å². The van der Waals surface area contributed by atoms with Crippen molar-refractivity contribution in [3.63, 3.8) is 0 Å². The summed E-state index contributed by atoms with van der Waals surface area (Å²) in [6.45, 7) is 0. The highest BCUT2D eigenvalue weighted by Gasteiger charge is 2.17. The number of benzene rings is 2. The molecule has 2 rings (SSSR count). The Hall–Kier alpha value is -1.51. The molecule has 0 radical (unpaired) electrons. The molecule has 1 atom stereocenters. The van der Waals surface area contributed by atoms with Gasteiger partial charge in [0.1, 0.15) is 6.10 Å². The topological polar surface area (TPSA) is 32.3 Å². The number of hydrogen-bond acceptors (Lipinski definition) is 2. The molecule has 88 valence electrons. The quantitative estimate of drug-likeness (QED) is 0.871. The van der Waals surface area contributed by atoms with Crippen LogP contribution in [0.4, 0.5) is 5.69 Å². The van der Waals surface area contributed by atoms with Crippen molar-refractivity contribution in [3.8, 4) is 0 Å². The van der Waals surface area contributed by atoms with E-state index in [0.29, 0.717) is 10.6 Å². The zero-order valence-electron chi connectivity index (χ0n) is 9.52. The first-order valence-electron chi connectivity index (χ1n) is 5.43. The van der Waals surface area contributed by atoms with Gasteiger partial charge in [-0.15, -0.1) is 0 Å². The van der Waals surface area contributed by atoms with Gasteiger partial charge in [-0.2, -0.15) is 0 Å². The normalized spacial score (nSPS) is 12.2. The zero-order chi connectivity index (χ0) is 12.3. The number of halogens is 1. The van der Waals surface area contributed by atoms with Crippen LogP contribution in [-0.2, 0) is 0 Å². The van der Waals surface area contributed by atoms with Gasteiger partial charge in [-0.25, -0.2) is 0 Å². The molecule has 0 aliphatic carbocycles. The molecule has 0 saturated carbocycles. The second-order valence-electron chi connectivity index (χ2n) is 3.76. The summed E-state index contributed by atoms with van der Waals surface area (Å²) in [6, 6.07) is 15.0. The van der Waals surface area contributed by atoms with E-state index in [1.807, 2.05) is 49.5 Å². The highest BCUT2D eigenvalue weighted by atomic mass is 35.5. The summed E-state index contributed by atoms with van der Waals surface area (Å²) in [5, 5.41) is 14.0. The maximum absolute atomic E-state index is 10.4. The standard InChI is InChI=1S/C14H14ClNO/c1-16-12-9-5-8-11(15)13(12)14(17)10-6-3-2-4-7-10/h2-9,14,16-17H,1H3. The summed E-state index contributed by atoms with van der Waals surface area (Å²) >= 11 is 6.15. The largest absolute Gasteiger partial charge is 0.388 e. The molecule has 0 fully saturated rings. The summed E-state index contributed by atoms with van der Waals surface area (Å²) in [4.78, 5) is 0. The molecule has 1 unspecified atom stereocenters. The van der Waals surface area contributed by atoms with Crippen LogP contribution in [0.5, 0.6) is 0 Å². The van der Waals surface area contributed by atoms with Gasteiger partial charge < -0.3 is 10.4 Å². The minimum Gasteiger partial charge on any atom is -0.388 e. The molecular weight excluding hydrogens is 234 g/mol. The Labute approximate surface area is 106 Å². The molecule has 2 nitrogen and oxygen atoms in total. The highest BCUT2D eigenvalue weighted by Crippen LogP contribution is 2.33. The fourth-order valence-electron chi connectivity index (χ4n) is 1.83. The van der Waals surface area contributed by atoms with Crippen molar-refractivity contribution >= 4 is 17.3 Å². The Bertz CT molecular complexity index is 499. The Morgan fingerprint density at radius 1 is 1.06 bits per heavy atom. The minimum atomic E-state index is -0.715. The van der Waals surface area contributed by atoms with E-state index in [9.17, 15) is 5.11 Å². The van der Waals surface area contributed by atoms with E-state index >= 15 is 0 Å². The van der Waals surface area contributed by atoms with Gasteiger partial charge >= 0.3 is 0 Å². The number of rotatable bonds is 3. The Morgan fingerprint density at radius 3 is 2.41 bits per heavy atom. The number of nitrogens with one attached hydrogen (secondary N) is 1. The molecule has 3 heteroatoms. The molecule has 2 N–H and O–H groups in total. The van der Waals surface area contributed by atoms with E-state index in [1.54, 1.807) is 6.07 Å².